The Labute approximate surface area is 187 Å². The van der Waals surface area contributed by atoms with Crippen molar-refractivity contribution in [3.63, 3.8) is 0 Å². The number of aryl methyl sites for hydroxylation is 2. The van der Waals surface area contributed by atoms with Crippen molar-refractivity contribution < 1.29 is 43.1 Å². The van der Waals surface area contributed by atoms with Crippen molar-refractivity contribution >= 4 is 21.7 Å². The molecule has 0 bridgehead atoms. The van der Waals surface area contributed by atoms with Crippen molar-refractivity contribution in [2.75, 3.05) is 5.32 Å². The fourth-order valence-electron chi connectivity index (χ4n) is 4.00. The van der Waals surface area contributed by atoms with Crippen LogP contribution in [0.4, 0.5) is 5.69 Å². The topological polar surface area (TPSA) is 99.4 Å². The van der Waals surface area contributed by atoms with E-state index in [9.17, 15) is 13.5 Å². The third-order valence-corrected chi connectivity index (χ3v) is 6.44. The molecule has 1 heterocycles. The first kappa shape index (κ1) is 21.4. The molecule has 0 spiro atoms. The molecule has 2 aromatic rings. The SMILES string of the molecule is CC(C)n1ccc(S(=O)(=O)N=C([O-])Nc2c3c(cc4c2CCC4)CCC3)n1.[Na+]. The van der Waals surface area contributed by atoms with E-state index in [0.29, 0.717) is 0 Å². The maximum Gasteiger partial charge on any atom is 1.00 e. The summed E-state index contributed by atoms with van der Waals surface area (Å²) in [6, 6.07) is 2.79. The first-order valence-corrected chi connectivity index (χ1v) is 10.8. The van der Waals surface area contributed by atoms with E-state index >= 15 is 0 Å². The molecule has 7 nitrogen and oxygen atoms in total. The van der Waals surface area contributed by atoms with Crippen LogP contribution in [0.5, 0.6) is 0 Å². The number of aromatic nitrogens is 2. The summed E-state index contributed by atoms with van der Waals surface area (Å²) in [6.07, 6.45) is 7.52. The number of nitrogens with zero attached hydrogens (tertiary/aromatic N) is 3. The summed E-state index contributed by atoms with van der Waals surface area (Å²) in [4.78, 5) is 0. The van der Waals surface area contributed by atoms with Crippen molar-refractivity contribution in [1.82, 2.24) is 9.78 Å². The zero-order valence-electron chi connectivity index (χ0n) is 16.5. The molecular formula is C19H23N4NaO3S. The molecule has 144 valence electrons. The smallest absolute Gasteiger partial charge is 0.845 e. The molecule has 0 saturated carbocycles. The second-order valence-electron chi connectivity index (χ2n) is 7.46. The zero-order chi connectivity index (χ0) is 19.2. The molecule has 0 aliphatic heterocycles. The number of benzene rings is 1. The van der Waals surface area contributed by atoms with Crippen LogP contribution in [0.25, 0.3) is 0 Å². The van der Waals surface area contributed by atoms with Gasteiger partial charge in [0, 0.05) is 17.9 Å². The second kappa shape index (κ2) is 8.18. The van der Waals surface area contributed by atoms with Crippen LogP contribution in [0.2, 0.25) is 0 Å². The molecule has 0 unspecified atom stereocenters. The standard InChI is InChI=1S/C19H24N4O3S.Na/c1-12(2)23-10-9-17(21-23)27(25,26)22-19(24)20-18-15-7-3-5-13(15)11-14-6-4-8-16(14)18;/h9-12H,3-8H2,1-2H3,(H2,20,22,24);/q;+1/p-1. The molecule has 2 aliphatic rings. The fourth-order valence-corrected chi connectivity index (χ4v) is 4.79. The average Bonchev–Trinajstić information content (AvgIpc) is 3.34. The van der Waals surface area contributed by atoms with Crippen molar-refractivity contribution in [3.05, 3.63) is 40.6 Å². The minimum atomic E-state index is -4.14. The van der Waals surface area contributed by atoms with Crippen LogP contribution in [0.3, 0.4) is 0 Å². The Bertz CT molecular complexity index is 996. The minimum absolute atomic E-state index is 0. The summed E-state index contributed by atoms with van der Waals surface area (Å²) in [5, 5.41) is 19.0. The van der Waals surface area contributed by atoms with Gasteiger partial charge in [-0.3, -0.25) is 4.68 Å². The van der Waals surface area contributed by atoms with E-state index in [1.165, 1.54) is 21.9 Å². The number of nitrogens with one attached hydrogen (secondary N) is 1. The Morgan fingerprint density at radius 3 is 2.32 bits per heavy atom. The molecular weight excluding hydrogens is 387 g/mol. The van der Waals surface area contributed by atoms with Crippen molar-refractivity contribution in [3.8, 4) is 0 Å². The van der Waals surface area contributed by atoms with Crippen LogP contribution < -0.4 is 40.0 Å². The van der Waals surface area contributed by atoms with E-state index in [0.717, 1.165) is 55.3 Å². The van der Waals surface area contributed by atoms with Gasteiger partial charge in [-0.1, -0.05) is 6.07 Å². The molecule has 0 radical (unpaired) electrons. The van der Waals surface area contributed by atoms with Crippen molar-refractivity contribution in [2.45, 2.75) is 63.4 Å². The largest absolute Gasteiger partial charge is 1.00 e. The second-order valence-corrected chi connectivity index (χ2v) is 9.01. The quantitative estimate of drug-likeness (QED) is 0.395. The van der Waals surface area contributed by atoms with Gasteiger partial charge in [0.05, 0.1) is 6.02 Å². The summed E-state index contributed by atoms with van der Waals surface area (Å²) in [5.74, 6) is 0. The molecule has 0 atom stereocenters. The monoisotopic (exact) mass is 410 g/mol. The van der Waals surface area contributed by atoms with E-state index in [2.05, 4.69) is 20.9 Å². The predicted octanol–water partition coefficient (Wildman–Crippen LogP) is -1.04. The average molecular weight is 410 g/mol. The first-order valence-electron chi connectivity index (χ1n) is 9.36. The molecule has 4 rings (SSSR count). The van der Waals surface area contributed by atoms with Crippen LogP contribution in [0, 0.1) is 0 Å². The Morgan fingerprint density at radius 2 is 1.79 bits per heavy atom. The Hall–Kier alpha value is -1.35. The van der Waals surface area contributed by atoms with Crippen molar-refractivity contribution in [2.24, 2.45) is 4.40 Å². The number of fused-ring (bicyclic) bond motifs is 2. The number of hydrogen-bond donors (Lipinski definition) is 1. The Morgan fingerprint density at radius 1 is 1.18 bits per heavy atom. The van der Waals surface area contributed by atoms with Gasteiger partial charge in [-0.2, -0.15) is 17.9 Å². The maximum absolute atomic E-state index is 12.5. The fraction of sp³-hybridized carbons (Fsp3) is 0.474. The summed E-state index contributed by atoms with van der Waals surface area (Å²) < 4.78 is 29.8. The minimum Gasteiger partial charge on any atom is -0.845 e. The summed E-state index contributed by atoms with van der Waals surface area (Å²) >= 11 is 0. The summed E-state index contributed by atoms with van der Waals surface area (Å²) in [7, 11) is -4.14. The zero-order valence-corrected chi connectivity index (χ0v) is 19.3. The normalized spacial score (nSPS) is 16.0. The van der Waals surface area contributed by atoms with Crippen LogP contribution in [0.15, 0.2) is 27.8 Å². The molecule has 1 aromatic heterocycles. The maximum atomic E-state index is 12.5. The van der Waals surface area contributed by atoms with Gasteiger partial charge in [0.25, 0.3) is 0 Å². The van der Waals surface area contributed by atoms with E-state index in [-0.39, 0.29) is 40.6 Å². The number of rotatable bonds is 4. The first-order chi connectivity index (χ1) is 12.8. The predicted molar refractivity (Wildman–Crippen MR) is 101 cm³/mol. The van der Waals surface area contributed by atoms with E-state index in [4.69, 9.17) is 0 Å². The van der Waals surface area contributed by atoms with E-state index < -0.39 is 16.0 Å². The number of hydrogen-bond acceptors (Lipinski definition) is 4. The van der Waals surface area contributed by atoms with Gasteiger partial charge in [-0.05, 0) is 80.7 Å². The molecule has 2 aliphatic carbocycles. The van der Waals surface area contributed by atoms with Gasteiger partial charge < -0.3 is 10.4 Å². The number of anilines is 1. The molecule has 0 fully saturated rings. The van der Waals surface area contributed by atoms with Crippen LogP contribution in [-0.2, 0) is 35.7 Å². The Balaban J connectivity index is 0.00000225. The number of sulfonamides is 1. The summed E-state index contributed by atoms with van der Waals surface area (Å²) in [5.41, 5.74) is 5.60. The molecule has 1 N–H and O–H groups in total. The summed E-state index contributed by atoms with van der Waals surface area (Å²) in [6.45, 7) is 3.79. The van der Waals surface area contributed by atoms with Crippen molar-refractivity contribution in [1.29, 1.82) is 0 Å². The van der Waals surface area contributed by atoms with Gasteiger partial charge in [-0.15, -0.1) is 0 Å². The molecule has 28 heavy (non-hydrogen) atoms. The van der Waals surface area contributed by atoms with Gasteiger partial charge in [0.2, 0.25) is 0 Å². The Kier molecular flexibility index (Phi) is 6.24. The van der Waals surface area contributed by atoms with E-state index in [1.807, 2.05) is 13.8 Å². The number of amidine groups is 1. The molecule has 0 amide bonds. The third kappa shape index (κ3) is 4.01. The van der Waals surface area contributed by atoms with Crippen LogP contribution in [-0.4, -0.2) is 24.2 Å². The molecule has 0 saturated heterocycles. The van der Waals surface area contributed by atoms with Gasteiger partial charge in [-0.25, -0.2) is 0 Å². The van der Waals surface area contributed by atoms with Crippen LogP contribution in [0.1, 0.15) is 55.0 Å². The van der Waals surface area contributed by atoms with E-state index in [1.54, 1.807) is 6.20 Å². The molecule has 1 aromatic carbocycles. The third-order valence-electron chi connectivity index (χ3n) is 5.29. The van der Waals surface area contributed by atoms with Gasteiger partial charge in [0.15, 0.2) is 5.03 Å². The van der Waals surface area contributed by atoms with Gasteiger partial charge in [0.1, 0.15) is 0 Å². The molecule has 9 heteroatoms. The van der Waals surface area contributed by atoms with Gasteiger partial charge >= 0.3 is 39.6 Å². The van der Waals surface area contributed by atoms with Crippen LogP contribution >= 0.6 is 0 Å².